The van der Waals surface area contributed by atoms with Gasteiger partial charge in [0.2, 0.25) is 0 Å². The summed E-state index contributed by atoms with van der Waals surface area (Å²) < 4.78 is 1.05. The van der Waals surface area contributed by atoms with E-state index in [-0.39, 0.29) is 0 Å². The van der Waals surface area contributed by atoms with Gasteiger partial charge in [-0.3, -0.25) is 5.43 Å². The molecule has 1 heterocycles. The van der Waals surface area contributed by atoms with Gasteiger partial charge >= 0.3 is 0 Å². The average Bonchev–Trinajstić information content (AvgIpc) is 2.60. The second-order valence-electron chi connectivity index (χ2n) is 5.40. The minimum atomic E-state index is 0.679. The number of hydrazone groups is 1. The monoisotopic (exact) mass is 380 g/mol. The number of halogens is 1. The Balaban J connectivity index is 1.84. The van der Waals surface area contributed by atoms with E-state index in [1.807, 2.05) is 74.5 Å². The van der Waals surface area contributed by atoms with E-state index >= 15 is 0 Å². The molecule has 5 heteroatoms. The third-order valence-electron chi connectivity index (χ3n) is 3.49. The van der Waals surface area contributed by atoms with Crippen LogP contribution in [0.1, 0.15) is 18.2 Å². The second-order valence-corrected chi connectivity index (χ2v) is 6.32. The molecule has 0 spiro atoms. The van der Waals surface area contributed by atoms with Crippen molar-refractivity contribution in [3.05, 3.63) is 76.4 Å². The second kappa shape index (κ2) is 7.36. The summed E-state index contributed by atoms with van der Waals surface area (Å²) in [4.78, 5) is 9.04. The molecule has 0 saturated heterocycles. The Morgan fingerprint density at radius 3 is 2.42 bits per heavy atom. The zero-order chi connectivity index (χ0) is 16.9. The average molecular weight is 381 g/mol. The van der Waals surface area contributed by atoms with Crippen LogP contribution >= 0.6 is 15.9 Å². The van der Waals surface area contributed by atoms with Crippen LogP contribution in [0.4, 0.5) is 5.82 Å². The molecule has 3 aromatic rings. The maximum Gasteiger partial charge on any atom is 0.161 e. The minimum Gasteiger partial charge on any atom is -0.261 e. The van der Waals surface area contributed by atoms with E-state index in [1.54, 1.807) is 0 Å². The maximum atomic E-state index is 4.55. The van der Waals surface area contributed by atoms with Gasteiger partial charge in [0, 0.05) is 21.8 Å². The number of hydrogen-bond donors (Lipinski definition) is 1. The molecular formula is C19H17BrN4. The van der Waals surface area contributed by atoms with Crippen molar-refractivity contribution in [2.24, 2.45) is 5.10 Å². The summed E-state index contributed by atoms with van der Waals surface area (Å²) in [7, 11) is 0. The lowest BCUT2D eigenvalue weighted by Crippen LogP contribution is -2.02. The van der Waals surface area contributed by atoms with Crippen molar-refractivity contribution >= 4 is 27.5 Å². The van der Waals surface area contributed by atoms with Crippen LogP contribution in [-0.4, -0.2) is 15.7 Å². The first-order valence-corrected chi connectivity index (χ1v) is 8.38. The van der Waals surface area contributed by atoms with Gasteiger partial charge < -0.3 is 0 Å². The molecular weight excluding hydrogens is 364 g/mol. The number of benzene rings is 2. The smallest absolute Gasteiger partial charge is 0.161 e. The van der Waals surface area contributed by atoms with Gasteiger partial charge in [-0.25, -0.2) is 9.97 Å². The summed E-state index contributed by atoms with van der Waals surface area (Å²) >= 11 is 3.44. The van der Waals surface area contributed by atoms with Gasteiger partial charge in [-0.05, 0) is 31.5 Å². The van der Waals surface area contributed by atoms with Crippen LogP contribution in [0.5, 0.6) is 0 Å². The summed E-state index contributed by atoms with van der Waals surface area (Å²) in [5.41, 5.74) is 6.85. The molecule has 1 aromatic heterocycles. The SMILES string of the molecule is C/C(=N/Nc1cc(C)nc(-c2ccccc2)n1)c1ccc(Br)cc1. The molecule has 0 unspecified atom stereocenters. The first-order chi connectivity index (χ1) is 11.6. The molecule has 2 aromatic carbocycles. The molecule has 4 nitrogen and oxygen atoms in total. The highest BCUT2D eigenvalue weighted by atomic mass is 79.9. The van der Waals surface area contributed by atoms with Crippen molar-refractivity contribution in [2.75, 3.05) is 5.43 Å². The van der Waals surface area contributed by atoms with E-state index in [1.165, 1.54) is 0 Å². The van der Waals surface area contributed by atoms with Crippen LogP contribution in [0.2, 0.25) is 0 Å². The first-order valence-electron chi connectivity index (χ1n) is 7.59. The van der Waals surface area contributed by atoms with Crippen LogP contribution < -0.4 is 5.43 Å². The predicted molar refractivity (Wildman–Crippen MR) is 102 cm³/mol. The van der Waals surface area contributed by atoms with Gasteiger partial charge in [0.15, 0.2) is 11.6 Å². The van der Waals surface area contributed by atoms with E-state index in [9.17, 15) is 0 Å². The molecule has 0 aliphatic heterocycles. The number of anilines is 1. The van der Waals surface area contributed by atoms with E-state index in [4.69, 9.17) is 0 Å². The quantitative estimate of drug-likeness (QED) is 0.508. The highest BCUT2D eigenvalue weighted by molar-refractivity contribution is 9.10. The number of aromatic nitrogens is 2. The van der Waals surface area contributed by atoms with Crippen LogP contribution in [0.3, 0.4) is 0 Å². The summed E-state index contributed by atoms with van der Waals surface area (Å²) in [5.74, 6) is 1.37. The lowest BCUT2D eigenvalue weighted by atomic mass is 10.1. The Morgan fingerprint density at radius 1 is 1.00 bits per heavy atom. The van der Waals surface area contributed by atoms with Gasteiger partial charge in [0.1, 0.15) is 0 Å². The summed E-state index contributed by atoms with van der Waals surface area (Å²) in [5, 5.41) is 4.43. The Hall–Kier alpha value is -2.53. The number of nitrogens with one attached hydrogen (secondary N) is 1. The Kier molecular flexibility index (Phi) is 5.01. The van der Waals surface area contributed by atoms with Crippen molar-refractivity contribution in [1.82, 2.24) is 9.97 Å². The van der Waals surface area contributed by atoms with Crippen molar-refractivity contribution in [2.45, 2.75) is 13.8 Å². The van der Waals surface area contributed by atoms with E-state index in [0.717, 1.165) is 27.0 Å². The van der Waals surface area contributed by atoms with Crippen LogP contribution in [0.15, 0.2) is 70.2 Å². The van der Waals surface area contributed by atoms with Gasteiger partial charge in [-0.15, -0.1) is 0 Å². The highest BCUT2D eigenvalue weighted by Gasteiger charge is 2.04. The lowest BCUT2D eigenvalue weighted by molar-refractivity contribution is 1.09. The highest BCUT2D eigenvalue weighted by Crippen LogP contribution is 2.17. The molecule has 0 saturated carbocycles. The van der Waals surface area contributed by atoms with Crippen LogP contribution in [-0.2, 0) is 0 Å². The Labute approximate surface area is 149 Å². The topological polar surface area (TPSA) is 50.2 Å². The van der Waals surface area contributed by atoms with E-state index in [0.29, 0.717) is 11.6 Å². The molecule has 0 aliphatic carbocycles. The summed E-state index contributed by atoms with van der Waals surface area (Å²) in [6, 6.07) is 19.8. The largest absolute Gasteiger partial charge is 0.261 e. The first kappa shape index (κ1) is 16.3. The van der Waals surface area contributed by atoms with Crippen molar-refractivity contribution in [1.29, 1.82) is 0 Å². The third kappa shape index (κ3) is 4.06. The van der Waals surface area contributed by atoms with Gasteiger partial charge in [0.25, 0.3) is 0 Å². The Morgan fingerprint density at radius 2 is 1.71 bits per heavy atom. The third-order valence-corrected chi connectivity index (χ3v) is 4.02. The lowest BCUT2D eigenvalue weighted by Gasteiger charge is -2.07. The summed E-state index contributed by atoms with van der Waals surface area (Å²) in [6.07, 6.45) is 0. The number of nitrogens with zero attached hydrogens (tertiary/aromatic N) is 3. The molecule has 0 aliphatic rings. The zero-order valence-corrected chi connectivity index (χ0v) is 15.1. The zero-order valence-electron chi connectivity index (χ0n) is 13.5. The fourth-order valence-corrected chi connectivity index (χ4v) is 2.50. The number of hydrogen-bond acceptors (Lipinski definition) is 4. The molecule has 0 amide bonds. The van der Waals surface area contributed by atoms with Gasteiger partial charge in [0.05, 0.1) is 5.71 Å². The van der Waals surface area contributed by atoms with Crippen molar-refractivity contribution in [3.8, 4) is 11.4 Å². The van der Waals surface area contributed by atoms with Gasteiger partial charge in [-0.1, -0.05) is 58.4 Å². The molecule has 0 bridgehead atoms. The molecule has 1 N–H and O–H groups in total. The van der Waals surface area contributed by atoms with Gasteiger partial charge in [-0.2, -0.15) is 5.10 Å². The normalized spacial score (nSPS) is 11.4. The minimum absolute atomic E-state index is 0.679. The molecule has 0 radical (unpaired) electrons. The molecule has 24 heavy (non-hydrogen) atoms. The van der Waals surface area contributed by atoms with E-state index < -0.39 is 0 Å². The van der Waals surface area contributed by atoms with E-state index in [2.05, 4.69) is 36.4 Å². The predicted octanol–water partition coefficient (Wildman–Crippen LogP) is 5.05. The number of rotatable bonds is 4. The van der Waals surface area contributed by atoms with Crippen LogP contribution in [0, 0.1) is 6.92 Å². The molecule has 120 valence electrons. The van der Waals surface area contributed by atoms with Crippen LogP contribution in [0.25, 0.3) is 11.4 Å². The number of aryl methyl sites for hydroxylation is 1. The maximum absolute atomic E-state index is 4.55. The fourth-order valence-electron chi connectivity index (χ4n) is 2.24. The van der Waals surface area contributed by atoms with Crippen molar-refractivity contribution < 1.29 is 0 Å². The molecule has 0 fully saturated rings. The molecule has 0 atom stereocenters. The van der Waals surface area contributed by atoms with Crippen molar-refractivity contribution in [3.63, 3.8) is 0 Å². The molecule has 3 rings (SSSR count). The standard InChI is InChI=1S/C19H17BrN4/c1-13-12-18(22-19(21-13)16-6-4-3-5-7-16)24-23-14(2)15-8-10-17(20)11-9-15/h3-12H,1-2H3,(H,21,22,24)/b23-14-. The fraction of sp³-hybridized carbons (Fsp3) is 0.105. The summed E-state index contributed by atoms with van der Waals surface area (Å²) in [6.45, 7) is 3.91. The Bertz CT molecular complexity index is 858.